The van der Waals surface area contributed by atoms with Crippen molar-refractivity contribution in [1.82, 2.24) is 14.9 Å². The normalized spacial score (nSPS) is 15.7. The maximum atomic E-state index is 12.8. The largest absolute Gasteiger partial charge is 0.379 e. The molecule has 1 aliphatic rings. The maximum absolute atomic E-state index is 12.8. The number of nitrogens with zero attached hydrogens (tertiary/aromatic N) is 1. The van der Waals surface area contributed by atoms with E-state index in [0.29, 0.717) is 13.2 Å². The fourth-order valence-corrected chi connectivity index (χ4v) is 4.31. The summed E-state index contributed by atoms with van der Waals surface area (Å²) < 4.78 is 32.0. The van der Waals surface area contributed by atoms with Crippen molar-refractivity contribution in [2.75, 3.05) is 32.8 Å². The molecule has 10 heteroatoms. The van der Waals surface area contributed by atoms with Crippen LogP contribution in [0.1, 0.15) is 24.2 Å². The van der Waals surface area contributed by atoms with Crippen LogP contribution in [0.4, 0.5) is 0 Å². The number of amides is 2. The second kappa shape index (κ2) is 8.81. The highest BCUT2D eigenvalue weighted by atomic mass is 35.5. The van der Waals surface area contributed by atoms with E-state index in [0.717, 1.165) is 0 Å². The summed E-state index contributed by atoms with van der Waals surface area (Å²) in [5.41, 5.74) is 0.110. The molecule has 2 rings (SSSR count). The van der Waals surface area contributed by atoms with Crippen LogP contribution in [-0.2, 0) is 19.6 Å². The zero-order valence-corrected chi connectivity index (χ0v) is 16.2. The Morgan fingerprint density at radius 2 is 1.92 bits per heavy atom. The van der Waals surface area contributed by atoms with Gasteiger partial charge in [0.15, 0.2) is 0 Å². The molecule has 0 aromatic heterocycles. The molecule has 144 valence electrons. The van der Waals surface area contributed by atoms with Crippen molar-refractivity contribution in [3.63, 3.8) is 0 Å². The summed E-state index contributed by atoms with van der Waals surface area (Å²) in [5.74, 6) is -0.887. The molecule has 0 atom stereocenters. The van der Waals surface area contributed by atoms with Gasteiger partial charge in [-0.1, -0.05) is 11.6 Å². The van der Waals surface area contributed by atoms with Gasteiger partial charge in [-0.05, 0) is 32.0 Å². The Morgan fingerprint density at radius 3 is 2.54 bits per heavy atom. The number of ether oxygens (including phenoxy) is 1. The topological polar surface area (TPSA) is 105 Å². The van der Waals surface area contributed by atoms with Gasteiger partial charge in [-0.2, -0.15) is 4.31 Å². The zero-order valence-electron chi connectivity index (χ0n) is 14.6. The van der Waals surface area contributed by atoms with Crippen molar-refractivity contribution in [1.29, 1.82) is 0 Å². The lowest BCUT2D eigenvalue weighted by Crippen LogP contribution is -2.41. The van der Waals surface area contributed by atoms with Crippen LogP contribution in [0.25, 0.3) is 0 Å². The minimum atomic E-state index is -3.83. The number of carbonyl (C=O) groups excluding carboxylic acids is 2. The lowest BCUT2D eigenvalue weighted by atomic mass is 10.2. The molecular formula is C16H22ClN3O5S. The fraction of sp³-hybridized carbons (Fsp3) is 0.500. The van der Waals surface area contributed by atoms with E-state index in [2.05, 4.69) is 10.6 Å². The molecule has 0 spiro atoms. The van der Waals surface area contributed by atoms with E-state index in [1.165, 1.54) is 22.5 Å². The highest BCUT2D eigenvalue weighted by molar-refractivity contribution is 7.89. The zero-order chi connectivity index (χ0) is 19.3. The highest BCUT2D eigenvalue weighted by Gasteiger charge is 2.29. The Kier molecular flexibility index (Phi) is 6.99. The third-order valence-corrected chi connectivity index (χ3v) is 6.02. The molecule has 1 aliphatic heterocycles. The molecule has 1 fully saturated rings. The van der Waals surface area contributed by atoms with Gasteiger partial charge < -0.3 is 15.4 Å². The quantitative estimate of drug-likeness (QED) is 0.724. The summed E-state index contributed by atoms with van der Waals surface area (Å²) in [6.45, 7) is 4.48. The number of nitrogens with one attached hydrogen (secondary N) is 2. The summed E-state index contributed by atoms with van der Waals surface area (Å²) in [6.07, 6.45) is 0. The first-order chi connectivity index (χ1) is 12.2. The number of carbonyl (C=O) groups is 2. The summed E-state index contributed by atoms with van der Waals surface area (Å²) in [4.78, 5) is 23.7. The molecule has 0 aliphatic carbocycles. The molecule has 26 heavy (non-hydrogen) atoms. The van der Waals surface area contributed by atoms with E-state index in [4.69, 9.17) is 16.3 Å². The van der Waals surface area contributed by atoms with Crippen molar-refractivity contribution in [3.05, 3.63) is 28.8 Å². The predicted molar refractivity (Wildman–Crippen MR) is 96.6 cm³/mol. The number of hydrogen-bond acceptors (Lipinski definition) is 5. The first-order valence-corrected chi connectivity index (χ1v) is 9.98. The number of morpholine rings is 1. The molecular weight excluding hydrogens is 382 g/mol. The molecule has 0 saturated carbocycles. The Bertz CT molecular complexity index is 776. The van der Waals surface area contributed by atoms with Crippen molar-refractivity contribution >= 4 is 33.4 Å². The van der Waals surface area contributed by atoms with Crippen LogP contribution in [0.5, 0.6) is 0 Å². The van der Waals surface area contributed by atoms with Gasteiger partial charge in [0.05, 0.1) is 24.8 Å². The van der Waals surface area contributed by atoms with Crippen molar-refractivity contribution in [2.24, 2.45) is 0 Å². The second-order valence-corrected chi connectivity index (χ2v) is 8.38. The average Bonchev–Trinajstić information content (AvgIpc) is 2.60. The molecule has 0 bridgehead atoms. The molecule has 1 aromatic carbocycles. The van der Waals surface area contributed by atoms with E-state index in [9.17, 15) is 18.0 Å². The third kappa shape index (κ3) is 5.16. The van der Waals surface area contributed by atoms with Gasteiger partial charge in [-0.3, -0.25) is 9.59 Å². The average molecular weight is 404 g/mol. The van der Waals surface area contributed by atoms with Crippen LogP contribution >= 0.6 is 11.6 Å². The highest BCUT2D eigenvalue weighted by Crippen LogP contribution is 2.26. The van der Waals surface area contributed by atoms with Gasteiger partial charge in [-0.15, -0.1) is 0 Å². The molecule has 1 saturated heterocycles. The first-order valence-electron chi connectivity index (χ1n) is 8.17. The van der Waals surface area contributed by atoms with E-state index in [1.807, 2.05) is 13.8 Å². The summed E-state index contributed by atoms with van der Waals surface area (Å²) in [6, 6.07) is 3.96. The Labute approximate surface area is 157 Å². The number of halogens is 1. The van der Waals surface area contributed by atoms with E-state index in [1.54, 1.807) is 0 Å². The van der Waals surface area contributed by atoms with Crippen LogP contribution < -0.4 is 10.6 Å². The first kappa shape index (κ1) is 20.6. The second-order valence-electron chi connectivity index (χ2n) is 6.07. The van der Waals surface area contributed by atoms with Gasteiger partial charge in [0, 0.05) is 24.7 Å². The molecule has 1 heterocycles. The SMILES string of the molecule is CC(C)NC(=O)CNC(=O)c1ccc(Cl)c(S(=O)(=O)N2CCOCC2)c1. The maximum Gasteiger partial charge on any atom is 0.251 e. The van der Waals surface area contributed by atoms with Crippen LogP contribution in [-0.4, -0.2) is 63.4 Å². The number of benzene rings is 1. The van der Waals surface area contributed by atoms with E-state index < -0.39 is 15.9 Å². The minimum Gasteiger partial charge on any atom is -0.379 e. The van der Waals surface area contributed by atoms with Crippen LogP contribution in [0, 0.1) is 0 Å². The van der Waals surface area contributed by atoms with Crippen molar-refractivity contribution in [3.8, 4) is 0 Å². The molecule has 0 unspecified atom stereocenters. The monoisotopic (exact) mass is 403 g/mol. The Hall–Kier alpha value is -1.68. The molecule has 8 nitrogen and oxygen atoms in total. The molecule has 2 amide bonds. The fourth-order valence-electron chi connectivity index (χ4n) is 2.40. The Balaban J connectivity index is 2.16. The smallest absolute Gasteiger partial charge is 0.251 e. The molecule has 2 N–H and O–H groups in total. The molecule has 0 radical (unpaired) electrons. The standard InChI is InChI=1S/C16H22ClN3O5S/c1-11(2)19-15(21)10-18-16(22)12-3-4-13(17)14(9-12)26(23,24)20-5-7-25-8-6-20/h3-4,9,11H,5-8,10H2,1-2H3,(H,18,22)(H,19,21). The van der Waals surface area contributed by atoms with Gasteiger partial charge >= 0.3 is 0 Å². The summed E-state index contributed by atoms with van der Waals surface area (Å²) in [5, 5.41) is 5.14. The number of hydrogen-bond donors (Lipinski definition) is 2. The lowest BCUT2D eigenvalue weighted by molar-refractivity contribution is -0.120. The van der Waals surface area contributed by atoms with Gasteiger partial charge in [0.1, 0.15) is 4.90 Å². The van der Waals surface area contributed by atoms with Gasteiger partial charge in [0.25, 0.3) is 5.91 Å². The number of sulfonamides is 1. The van der Waals surface area contributed by atoms with Crippen LogP contribution in [0.3, 0.4) is 0 Å². The van der Waals surface area contributed by atoms with Crippen molar-refractivity contribution < 1.29 is 22.7 Å². The van der Waals surface area contributed by atoms with Gasteiger partial charge in [0.2, 0.25) is 15.9 Å². The van der Waals surface area contributed by atoms with Crippen LogP contribution in [0.15, 0.2) is 23.1 Å². The van der Waals surface area contributed by atoms with Gasteiger partial charge in [-0.25, -0.2) is 8.42 Å². The predicted octanol–water partition coefficient (Wildman–Crippen LogP) is 0.615. The van der Waals surface area contributed by atoms with Crippen molar-refractivity contribution in [2.45, 2.75) is 24.8 Å². The lowest BCUT2D eigenvalue weighted by Gasteiger charge is -2.26. The summed E-state index contributed by atoms with van der Waals surface area (Å²) >= 11 is 6.06. The number of rotatable bonds is 6. The minimum absolute atomic E-state index is 0.0330. The van der Waals surface area contributed by atoms with E-state index >= 15 is 0 Å². The third-order valence-electron chi connectivity index (χ3n) is 3.64. The summed E-state index contributed by atoms with van der Waals surface area (Å²) in [7, 11) is -3.83. The Morgan fingerprint density at radius 1 is 1.27 bits per heavy atom. The van der Waals surface area contributed by atoms with E-state index in [-0.39, 0.29) is 47.1 Å². The molecule has 1 aromatic rings. The van der Waals surface area contributed by atoms with Crippen LogP contribution in [0.2, 0.25) is 5.02 Å².